The van der Waals surface area contributed by atoms with E-state index >= 15 is 0 Å². The SMILES string of the molecule is CCN1CCCC(NC(=O)CCC2CCNCC2)C1. The van der Waals surface area contributed by atoms with Gasteiger partial charge in [0.25, 0.3) is 0 Å². The van der Waals surface area contributed by atoms with Gasteiger partial charge in [0.2, 0.25) is 5.91 Å². The molecule has 0 aromatic rings. The molecule has 1 unspecified atom stereocenters. The first kappa shape index (κ1) is 14.8. The van der Waals surface area contributed by atoms with E-state index in [9.17, 15) is 4.79 Å². The lowest BCUT2D eigenvalue weighted by molar-refractivity contribution is -0.122. The van der Waals surface area contributed by atoms with Gasteiger partial charge in [-0.3, -0.25) is 4.79 Å². The van der Waals surface area contributed by atoms with Crippen molar-refractivity contribution in [2.24, 2.45) is 5.92 Å². The number of nitrogens with one attached hydrogen (secondary N) is 2. The second-order valence-electron chi connectivity index (χ2n) is 6.03. The molecule has 2 N–H and O–H groups in total. The van der Waals surface area contributed by atoms with Crippen molar-refractivity contribution in [3.63, 3.8) is 0 Å². The van der Waals surface area contributed by atoms with Crippen molar-refractivity contribution in [2.45, 2.75) is 51.5 Å². The van der Waals surface area contributed by atoms with E-state index in [1.54, 1.807) is 0 Å². The fourth-order valence-electron chi connectivity index (χ4n) is 3.27. The third-order valence-corrected chi connectivity index (χ3v) is 4.56. The van der Waals surface area contributed by atoms with E-state index in [1.807, 2.05) is 0 Å². The molecule has 0 radical (unpaired) electrons. The molecule has 4 nitrogen and oxygen atoms in total. The summed E-state index contributed by atoms with van der Waals surface area (Å²) < 4.78 is 0. The minimum absolute atomic E-state index is 0.265. The predicted octanol–water partition coefficient (Wildman–Crippen LogP) is 1.37. The number of carbonyl (C=O) groups excluding carboxylic acids is 1. The van der Waals surface area contributed by atoms with E-state index < -0.39 is 0 Å². The quantitative estimate of drug-likeness (QED) is 0.791. The summed E-state index contributed by atoms with van der Waals surface area (Å²) in [7, 11) is 0. The first-order valence-electron chi connectivity index (χ1n) is 8.00. The number of carbonyl (C=O) groups is 1. The standard InChI is InChI=1S/C15H29N3O/c1-2-18-11-3-4-14(12-18)17-15(19)6-5-13-7-9-16-10-8-13/h13-14,16H,2-12H2,1H3,(H,17,19). The number of likely N-dealkylation sites (N-methyl/N-ethyl adjacent to an activating group) is 1. The summed E-state index contributed by atoms with van der Waals surface area (Å²) >= 11 is 0. The summed E-state index contributed by atoms with van der Waals surface area (Å²) in [4.78, 5) is 14.4. The van der Waals surface area contributed by atoms with Gasteiger partial charge in [0.05, 0.1) is 0 Å². The number of likely N-dealkylation sites (tertiary alicyclic amines) is 1. The van der Waals surface area contributed by atoms with Crippen molar-refractivity contribution < 1.29 is 4.79 Å². The smallest absolute Gasteiger partial charge is 0.220 e. The van der Waals surface area contributed by atoms with Crippen LogP contribution in [0.25, 0.3) is 0 Å². The zero-order valence-electron chi connectivity index (χ0n) is 12.3. The minimum Gasteiger partial charge on any atom is -0.352 e. The van der Waals surface area contributed by atoms with Crippen molar-refractivity contribution in [3.05, 3.63) is 0 Å². The van der Waals surface area contributed by atoms with Crippen molar-refractivity contribution in [1.82, 2.24) is 15.5 Å². The fourth-order valence-corrected chi connectivity index (χ4v) is 3.27. The maximum absolute atomic E-state index is 12.0. The van der Waals surface area contributed by atoms with E-state index in [-0.39, 0.29) is 5.91 Å². The molecule has 0 bridgehead atoms. The second-order valence-corrected chi connectivity index (χ2v) is 6.03. The molecule has 0 spiro atoms. The topological polar surface area (TPSA) is 44.4 Å². The van der Waals surface area contributed by atoms with Gasteiger partial charge in [-0.2, -0.15) is 0 Å². The highest BCUT2D eigenvalue weighted by molar-refractivity contribution is 5.76. The van der Waals surface area contributed by atoms with Crippen LogP contribution in [0.15, 0.2) is 0 Å². The molecule has 19 heavy (non-hydrogen) atoms. The Labute approximate surface area is 117 Å². The predicted molar refractivity (Wildman–Crippen MR) is 78.1 cm³/mol. The van der Waals surface area contributed by atoms with Crippen LogP contribution < -0.4 is 10.6 Å². The second kappa shape index (κ2) is 7.85. The molecule has 1 atom stereocenters. The summed E-state index contributed by atoms with van der Waals surface area (Å²) in [5, 5.41) is 6.60. The number of hydrogen-bond donors (Lipinski definition) is 2. The number of rotatable bonds is 5. The van der Waals surface area contributed by atoms with Crippen LogP contribution in [0.1, 0.15) is 45.4 Å². The summed E-state index contributed by atoms with van der Waals surface area (Å²) in [6.45, 7) is 7.77. The molecule has 2 aliphatic rings. The van der Waals surface area contributed by atoms with Crippen LogP contribution in [0.5, 0.6) is 0 Å². The molecule has 2 aliphatic heterocycles. The average Bonchev–Trinajstić information content (AvgIpc) is 2.46. The molecule has 0 aromatic heterocycles. The van der Waals surface area contributed by atoms with Crippen LogP contribution >= 0.6 is 0 Å². The molecule has 2 fully saturated rings. The van der Waals surface area contributed by atoms with Gasteiger partial charge in [0, 0.05) is 19.0 Å². The Kier molecular flexibility index (Phi) is 6.11. The summed E-state index contributed by atoms with van der Waals surface area (Å²) in [6, 6.07) is 0.384. The van der Waals surface area contributed by atoms with Crippen LogP contribution in [0.3, 0.4) is 0 Å². The molecule has 110 valence electrons. The maximum atomic E-state index is 12.0. The van der Waals surface area contributed by atoms with Crippen LogP contribution in [0.4, 0.5) is 0 Å². The van der Waals surface area contributed by atoms with Crippen molar-refractivity contribution in [3.8, 4) is 0 Å². The molecular formula is C15H29N3O. The van der Waals surface area contributed by atoms with E-state index in [0.717, 1.165) is 44.9 Å². The van der Waals surface area contributed by atoms with Crippen LogP contribution in [0, 0.1) is 5.92 Å². The molecule has 0 aromatic carbocycles. The van der Waals surface area contributed by atoms with Gasteiger partial charge in [-0.15, -0.1) is 0 Å². The Morgan fingerprint density at radius 3 is 2.84 bits per heavy atom. The maximum Gasteiger partial charge on any atom is 0.220 e. The minimum atomic E-state index is 0.265. The van der Waals surface area contributed by atoms with Crippen molar-refractivity contribution >= 4 is 5.91 Å². The fraction of sp³-hybridized carbons (Fsp3) is 0.933. The van der Waals surface area contributed by atoms with Gasteiger partial charge >= 0.3 is 0 Å². The zero-order chi connectivity index (χ0) is 13.5. The van der Waals surface area contributed by atoms with Crippen LogP contribution in [0.2, 0.25) is 0 Å². The number of hydrogen-bond acceptors (Lipinski definition) is 3. The first-order valence-corrected chi connectivity index (χ1v) is 8.00. The zero-order valence-corrected chi connectivity index (χ0v) is 12.3. The van der Waals surface area contributed by atoms with Gasteiger partial charge in [0.15, 0.2) is 0 Å². The highest BCUT2D eigenvalue weighted by atomic mass is 16.1. The molecule has 0 saturated carbocycles. The molecule has 4 heteroatoms. The lowest BCUT2D eigenvalue weighted by Gasteiger charge is -2.32. The normalized spacial score (nSPS) is 26.3. The molecule has 2 heterocycles. The average molecular weight is 267 g/mol. The number of amides is 1. The first-order chi connectivity index (χ1) is 9.28. The van der Waals surface area contributed by atoms with Crippen molar-refractivity contribution in [2.75, 3.05) is 32.7 Å². The Morgan fingerprint density at radius 2 is 2.11 bits per heavy atom. The Bertz CT molecular complexity index is 277. The highest BCUT2D eigenvalue weighted by Gasteiger charge is 2.21. The largest absolute Gasteiger partial charge is 0.352 e. The monoisotopic (exact) mass is 267 g/mol. The Hall–Kier alpha value is -0.610. The van der Waals surface area contributed by atoms with Gasteiger partial charge < -0.3 is 15.5 Å². The van der Waals surface area contributed by atoms with Gasteiger partial charge in [0.1, 0.15) is 0 Å². The third kappa shape index (κ3) is 5.11. The molecule has 2 rings (SSSR count). The third-order valence-electron chi connectivity index (χ3n) is 4.56. The number of nitrogens with zero attached hydrogens (tertiary/aromatic N) is 1. The Balaban J connectivity index is 1.63. The summed E-state index contributed by atoms with van der Waals surface area (Å²) in [5.41, 5.74) is 0. The van der Waals surface area contributed by atoms with Gasteiger partial charge in [-0.05, 0) is 64.2 Å². The highest BCUT2D eigenvalue weighted by Crippen LogP contribution is 2.18. The lowest BCUT2D eigenvalue weighted by atomic mass is 9.93. The van der Waals surface area contributed by atoms with E-state index in [1.165, 1.54) is 25.8 Å². The van der Waals surface area contributed by atoms with Crippen LogP contribution in [-0.2, 0) is 4.79 Å². The molecular weight excluding hydrogens is 238 g/mol. The molecule has 1 amide bonds. The van der Waals surface area contributed by atoms with E-state index in [0.29, 0.717) is 12.5 Å². The van der Waals surface area contributed by atoms with Crippen molar-refractivity contribution in [1.29, 1.82) is 0 Å². The van der Waals surface area contributed by atoms with Gasteiger partial charge in [-0.25, -0.2) is 0 Å². The lowest BCUT2D eigenvalue weighted by Crippen LogP contribution is -2.47. The summed E-state index contributed by atoms with van der Waals surface area (Å²) in [6.07, 6.45) is 6.62. The van der Waals surface area contributed by atoms with Gasteiger partial charge in [-0.1, -0.05) is 6.92 Å². The molecule has 2 saturated heterocycles. The number of piperidine rings is 2. The van der Waals surface area contributed by atoms with Crippen LogP contribution in [-0.4, -0.2) is 49.6 Å². The van der Waals surface area contributed by atoms with E-state index in [2.05, 4.69) is 22.5 Å². The Morgan fingerprint density at radius 1 is 1.32 bits per heavy atom. The molecule has 0 aliphatic carbocycles. The van der Waals surface area contributed by atoms with E-state index in [4.69, 9.17) is 0 Å². The summed E-state index contributed by atoms with van der Waals surface area (Å²) in [5.74, 6) is 1.02.